The average molecular weight is 180 g/mol. The molecule has 1 atom stereocenters. The molecule has 0 aliphatic rings. The SMILES string of the molecule is C=CCNC(=O)C(Cl)SC. The summed E-state index contributed by atoms with van der Waals surface area (Å²) in [6.45, 7) is 3.93. The largest absolute Gasteiger partial charge is 0.351 e. The second-order valence-corrected chi connectivity index (χ2v) is 3.22. The molecule has 1 N–H and O–H groups in total. The molecule has 0 radical (unpaired) electrons. The molecule has 58 valence electrons. The average Bonchev–Trinajstić information content (AvgIpc) is 1.98. The molecule has 0 heterocycles. The summed E-state index contributed by atoms with van der Waals surface area (Å²) in [5.41, 5.74) is 0. The quantitative estimate of drug-likeness (QED) is 0.520. The zero-order valence-corrected chi connectivity index (χ0v) is 7.34. The van der Waals surface area contributed by atoms with Crippen LogP contribution in [0.2, 0.25) is 0 Å². The van der Waals surface area contributed by atoms with Crippen molar-refractivity contribution >= 4 is 29.3 Å². The summed E-state index contributed by atoms with van der Waals surface area (Å²) in [7, 11) is 0. The Morgan fingerprint density at radius 3 is 3.00 bits per heavy atom. The highest BCUT2D eigenvalue weighted by Crippen LogP contribution is 2.09. The first-order valence-corrected chi connectivity index (χ1v) is 4.50. The van der Waals surface area contributed by atoms with Crippen LogP contribution in [0.3, 0.4) is 0 Å². The molecule has 0 saturated heterocycles. The second kappa shape index (κ2) is 5.62. The van der Waals surface area contributed by atoms with E-state index in [-0.39, 0.29) is 5.91 Å². The first kappa shape index (κ1) is 9.85. The third-order valence-corrected chi connectivity index (χ3v) is 2.19. The third-order valence-electron chi connectivity index (χ3n) is 0.834. The molecule has 1 unspecified atom stereocenters. The van der Waals surface area contributed by atoms with Gasteiger partial charge in [0.25, 0.3) is 0 Å². The highest BCUT2D eigenvalue weighted by atomic mass is 35.5. The van der Waals surface area contributed by atoms with Crippen LogP contribution in [0.25, 0.3) is 0 Å². The molecule has 0 aliphatic heterocycles. The number of nitrogens with one attached hydrogen (secondary N) is 1. The van der Waals surface area contributed by atoms with E-state index in [1.807, 2.05) is 0 Å². The molecule has 10 heavy (non-hydrogen) atoms. The van der Waals surface area contributed by atoms with Gasteiger partial charge in [0.1, 0.15) is 0 Å². The highest BCUT2D eigenvalue weighted by Gasteiger charge is 2.10. The maximum absolute atomic E-state index is 10.8. The number of halogens is 1. The van der Waals surface area contributed by atoms with Crippen molar-refractivity contribution in [2.24, 2.45) is 0 Å². The van der Waals surface area contributed by atoms with Gasteiger partial charge in [0.05, 0.1) is 0 Å². The molecule has 0 fully saturated rings. The smallest absolute Gasteiger partial charge is 0.248 e. The minimum absolute atomic E-state index is 0.158. The van der Waals surface area contributed by atoms with Gasteiger partial charge < -0.3 is 5.32 Å². The van der Waals surface area contributed by atoms with Gasteiger partial charge >= 0.3 is 0 Å². The van der Waals surface area contributed by atoms with Gasteiger partial charge in [-0.15, -0.1) is 29.9 Å². The molecule has 1 amide bonds. The maximum Gasteiger partial charge on any atom is 0.248 e. The van der Waals surface area contributed by atoms with Crippen molar-refractivity contribution in [2.75, 3.05) is 12.8 Å². The van der Waals surface area contributed by atoms with Crippen LogP contribution in [0.15, 0.2) is 12.7 Å². The molecule has 0 aromatic heterocycles. The molecule has 0 aliphatic carbocycles. The van der Waals surface area contributed by atoms with Gasteiger partial charge in [-0.2, -0.15) is 0 Å². The number of thioether (sulfide) groups is 1. The van der Waals surface area contributed by atoms with Crippen LogP contribution in [-0.4, -0.2) is 23.4 Å². The standard InChI is InChI=1S/C6H10ClNOS/c1-3-4-8-6(9)5(7)10-2/h3,5H,1,4H2,2H3,(H,8,9). The predicted octanol–water partition coefficient (Wildman–Crippen LogP) is 1.22. The predicted molar refractivity (Wildman–Crippen MR) is 46.4 cm³/mol. The Morgan fingerprint density at radius 2 is 2.60 bits per heavy atom. The van der Waals surface area contributed by atoms with E-state index < -0.39 is 4.71 Å². The van der Waals surface area contributed by atoms with E-state index in [1.54, 1.807) is 12.3 Å². The number of rotatable bonds is 4. The van der Waals surface area contributed by atoms with E-state index in [2.05, 4.69) is 11.9 Å². The Balaban J connectivity index is 3.51. The zero-order valence-electron chi connectivity index (χ0n) is 5.76. The lowest BCUT2D eigenvalue weighted by Gasteiger charge is -2.04. The molecular weight excluding hydrogens is 170 g/mol. The first-order chi connectivity index (χ1) is 4.72. The van der Waals surface area contributed by atoms with Gasteiger partial charge in [0.15, 0.2) is 4.71 Å². The first-order valence-electron chi connectivity index (χ1n) is 2.78. The fourth-order valence-corrected chi connectivity index (χ4v) is 0.735. The van der Waals surface area contributed by atoms with Crippen molar-refractivity contribution in [1.82, 2.24) is 5.32 Å². The molecule has 2 nitrogen and oxygen atoms in total. The second-order valence-electron chi connectivity index (χ2n) is 1.59. The number of carbonyl (C=O) groups is 1. The molecule has 0 aromatic rings. The Labute approximate surface area is 70.0 Å². The van der Waals surface area contributed by atoms with Crippen molar-refractivity contribution < 1.29 is 4.79 Å². The molecule has 0 aromatic carbocycles. The summed E-state index contributed by atoms with van der Waals surface area (Å²) < 4.78 is -0.486. The van der Waals surface area contributed by atoms with Crippen molar-refractivity contribution in [3.8, 4) is 0 Å². The minimum atomic E-state index is -0.486. The molecule has 0 bridgehead atoms. The topological polar surface area (TPSA) is 29.1 Å². The normalized spacial score (nSPS) is 12.2. The number of hydrogen-bond acceptors (Lipinski definition) is 2. The van der Waals surface area contributed by atoms with E-state index in [0.29, 0.717) is 6.54 Å². The number of hydrogen-bond donors (Lipinski definition) is 1. The van der Waals surface area contributed by atoms with Crippen LogP contribution < -0.4 is 5.32 Å². The Kier molecular flexibility index (Phi) is 5.54. The van der Waals surface area contributed by atoms with Gasteiger partial charge in [-0.05, 0) is 6.26 Å². The van der Waals surface area contributed by atoms with Gasteiger partial charge in [-0.1, -0.05) is 6.08 Å². The fourth-order valence-electron chi connectivity index (χ4n) is 0.360. The molecule has 0 saturated carbocycles. The van der Waals surface area contributed by atoms with Gasteiger partial charge in [-0.3, -0.25) is 4.79 Å². The number of amides is 1. The summed E-state index contributed by atoms with van der Waals surface area (Å²) in [4.78, 5) is 10.8. The lowest BCUT2D eigenvalue weighted by Crippen LogP contribution is -2.29. The van der Waals surface area contributed by atoms with Crippen LogP contribution in [0.1, 0.15) is 0 Å². The molecule has 0 spiro atoms. The van der Waals surface area contributed by atoms with Crippen LogP contribution in [0.5, 0.6) is 0 Å². The number of carbonyl (C=O) groups excluding carboxylic acids is 1. The Hall–Kier alpha value is -0.150. The van der Waals surface area contributed by atoms with E-state index in [4.69, 9.17) is 11.6 Å². The van der Waals surface area contributed by atoms with E-state index >= 15 is 0 Å². The van der Waals surface area contributed by atoms with E-state index in [9.17, 15) is 4.79 Å². The van der Waals surface area contributed by atoms with Crippen molar-refractivity contribution in [3.63, 3.8) is 0 Å². The van der Waals surface area contributed by atoms with Gasteiger partial charge in [0.2, 0.25) is 5.91 Å². The lowest BCUT2D eigenvalue weighted by atomic mass is 10.6. The zero-order chi connectivity index (χ0) is 7.98. The Morgan fingerprint density at radius 1 is 2.00 bits per heavy atom. The monoisotopic (exact) mass is 179 g/mol. The summed E-state index contributed by atoms with van der Waals surface area (Å²) in [6, 6.07) is 0. The van der Waals surface area contributed by atoms with Crippen LogP contribution in [0, 0.1) is 0 Å². The summed E-state index contributed by atoms with van der Waals surface area (Å²) in [6.07, 6.45) is 3.40. The van der Waals surface area contributed by atoms with E-state index in [1.165, 1.54) is 11.8 Å². The molecule has 4 heteroatoms. The fraction of sp³-hybridized carbons (Fsp3) is 0.500. The highest BCUT2D eigenvalue weighted by molar-refractivity contribution is 8.01. The maximum atomic E-state index is 10.8. The summed E-state index contributed by atoms with van der Waals surface area (Å²) in [5, 5.41) is 2.57. The molecular formula is C6H10ClNOS. The van der Waals surface area contributed by atoms with Crippen molar-refractivity contribution in [3.05, 3.63) is 12.7 Å². The van der Waals surface area contributed by atoms with Crippen LogP contribution >= 0.6 is 23.4 Å². The summed E-state index contributed by atoms with van der Waals surface area (Å²) in [5.74, 6) is -0.158. The van der Waals surface area contributed by atoms with Crippen molar-refractivity contribution in [2.45, 2.75) is 4.71 Å². The number of alkyl halides is 1. The summed E-state index contributed by atoms with van der Waals surface area (Å²) >= 11 is 6.87. The van der Waals surface area contributed by atoms with Crippen molar-refractivity contribution in [1.29, 1.82) is 0 Å². The minimum Gasteiger partial charge on any atom is -0.351 e. The Bertz CT molecular complexity index is 129. The van der Waals surface area contributed by atoms with E-state index in [0.717, 1.165) is 0 Å². The van der Waals surface area contributed by atoms with Gasteiger partial charge in [0, 0.05) is 6.54 Å². The molecule has 0 rings (SSSR count). The van der Waals surface area contributed by atoms with Crippen LogP contribution in [0.4, 0.5) is 0 Å². The van der Waals surface area contributed by atoms with Crippen LogP contribution in [-0.2, 0) is 4.79 Å². The lowest BCUT2D eigenvalue weighted by molar-refractivity contribution is -0.119. The third kappa shape index (κ3) is 3.80. The van der Waals surface area contributed by atoms with Gasteiger partial charge in [-0.25, -0.2) is 0 Å².